The fraction of sp³-hybridized carbons (Fsp3) is 0.565. The van der Waals surface area contributed by atoms with Crippen LogP contribution in [0.4, 0.5) is 4.79 Å². The van der Waals surface area contributed by atoms with E-state index in [2.05, 4.69) is 23.3 Å². The molecule has 1 aromatic rings. The monoisotopic (exact) mass is 478 g/mol. The van der Waals surface area contributed by atoms with Crippen LogP contribution < -0.4 is 10.6 Å². The van der Waals surface area contributed by atoms with E-state index in [0.29, 0.717) is 12.1 Å². The number of phenolic OH excluding ortho intramolecular Hbond substituents is 1. The molecule has 3 amide bonds. The van der Waals surface area contributed by atoms with E-state index < -0.39 is 42.1 Å². The van der Waals surface area contributed by atoms with Gasteiger partial charge in [-0.2, -0.15) is 17.9 Å². The highest BCUT2D eigenvalue weighted by Crippen LogP contribution is 2.24. The molecule has 0 heterocycles. The van der Waals surface area contributed by atoms with Crippen molar-refractivity contribution < 1.29 is 24.2 Å². The van der Waals surface area contributed by atoms with Crippen LogP contribution in [0.1, 0.15) is 58.6 Å². The second kappa shape index (κ2) is 13.6. The molecular weight excluding hydrogens is 444 g/mol. The Kier molecular flexibility index (Phi) is 11.6. The van der Waals surface area contributed by atoms with E-state index in [1.165, 1.54) is 24.3 Å². The maximum absolute atomic E-state index is 13.4. The average Bonchev–Trinajstić information content (AvgIpc) is 2.74. The number of hydrogen-bond acceptors (Lipinski definition) is 7. The molecule has 182 valence electrons. The van der Waals surface area contributed by atoms with Gasteiger partial charge in [0.05, 0.1) is 6.07 Å². The first-order valence-corrected chi connectivity index (χ1v) is 11.5. The molecular formula is C23H34N4O5S. The molecule has 0 radical (unpaired) electrons. The van der Waals surface area contributed by atoms with Crippen molar-refractivity contribution in [2.75, 3.05) is 18.8 Å². The quantitative estimate of drug-likeness (QED) is 0.220. The summed E-state index contributed by atoms with van der Waals surface area (Å²) in [7, 11) is 0. The SMILES string of the molecule is CCCCCNC(=O)C(c1ccc(O)cc1)N(CC#N)C(=O)C(CS)NC(=O)OC(C)(C)C. The molecule has 0 aliphatic carbocycles. The van der Waals surface area contributed by atoms with Gasteiger partial charge in [-0.05, 0) is 44.9 Å². The largest absolute Gasteiger partial charge is 0.508 e. The summed E-state index contributed by atoms with van der Waals surface area (Å²) in [5, 5.41) is 24.3. The van der Waals surface area contributed by atoms with Crippen molar-refractivity contribution in [3.63, 3.8) is 0 Å². The Balaban J connectivity index is 3.23. The summed E-state index contributed by atoms with van der Waals surface area (Å²) in [5.74, 6) is -1.19. The third-order valence-corrected chi connectivity index (χ3v) is 4.91. The zero-order chi connectivity index (χ0) is 25.0. The molecule has 33 heavy (non-hydrogen) atoms. The van der Waals surface area contributed by atoms with Gasteiger partial charge in [0.15, 0.2) is 0 Å². The van der Waals surface area contributed by atoms with Gasteiger partial charge in [0.2, 0.25) is 11.8 Å². The number of carbonyl (C=O) groups is 3. The molecule has 1 aromatic carbocycles. The van der Waals surface area contributed by atoms with Crippen molar-refractivity contribution in [1.82, 2.24) is 15.5 Å². The molecule has 2 atom stereocenters. The van der Waals surface area contributed by atoms with Crippen molar-refractivity contribution in [2.45, 2.75) is 64.6 Å². The van der Waals surface area contributed by atoms with Gasteiger partial charge >= 0.3 is 6.09 Å². The summed E-state index contributed by atoms with van der Waals surface area (Å²) in [4.78, 5) is 39.8. The number of amides is 3. The molecule has 0 bridgehead atoms. The first-order valence-electron chi connectivity index (χ1n) is 10.9. The number of thiol groups is 1. The number of nitrogens with zero attached hydrogens (tertiary/aromatic N) is 2. The van der Waals surface area contributed by atoms with Crippen LogP contribution in [0, 0.1) is 11.3 Å². The summed E-state index contributed by atoms with van der Waals surface area (Å²) >= 11 is 4.17. The number of alkyl carbamates (subject to hydrolysis) is 1. The number of nitriles is 1. The minimum absolute atomic E-state index is 0.00107. The van der Waals surface area contributed by atoms with Crippen molar-refractivity contribution >= 4 is 30.5 Å². The van der Waals surface area contributed by atoms with Gasteiger partial charge in [0.25, 0.3) is 0 Å². The number of carbonyl (C=O) groups excluding carboxylic acids is 3. The van der Waals surface area contributed by atoms with Crippen LogP contribution in [0.25, 0.3) is 0 Å². The second-order valence-corrected chi connectivity index (χ2v) is 8.86. The maximum atomic E-state index is 13.4. The van der Waals surface area contributed by atoms with Gasteiger partial charge in [0, 0.05) is 12.3 Å². The predicted molar refractivity (Wildman–Crippen MR) is 128 cm³/mol. The van der Waals surface area contributed by atoms with E-state index in [9.17, 15) is 24.8 Å². The van der Waals surface area contributed by atoms with Crippen LogP contribution in [0.15, 0.2) is 24.3 Å². The lowest BCUT2D eigenvalue weighted by molar-refractivity contribution is -0.141. The number of rotatable bonds is 11. The van der Waals surface area contributed by atoms with E-state index >= 15 is 0 Å². The summed E-state index contributed by atoms with van der Waals surface area (Å²) in [5.41, 5.74) is -0.354. The van der Waals surface area contributed by atoms with Gasteiger partial charge in [-0.25, -0.2) is 4.79 Å². The van der Waals surface area contributed by atoms with Crippen LogP contribution in [0.5, 0.6) is 5.75 Å². The molecule has 10 heteroatoms. The molecule has 2 unspecified atom stereocenters. The summed E-state index contributed by atoms with van der Waals surface area (Å²) in [6, 6.07) is 5.49. The number of aromatic hydroxyl groups is 1. The topological polar surface area (TPSA) is 132 Å². The van der Waals surface area contributed by atoms with Crippen LogP contribution in [0.2, 0.25) is 0 Å². The highest BCUT2D eigenvalue weighted by atomic mass is 32.1. The van der Waals surface area contributed by atoms with Gasteiger partial charge in [-0.3, -0.25) is 9.59 Å². The lowest BCUT2D eigenvalue weighted by Gasteiger charge is -2.32. The highest BCUT2D eigenvalue weighted by molar-refractivity contribution is 7.80. The Hall–Kier alpha value is -2.93. The third-order valence-electron chi connectivity index (χ3n) is 4.54. The fourth-order valence-electron chi connectivity index (χ4n) is 3.02. The van der Waals surface area contributed by atoms with Gasteiger partial charge in [0.1, 0.15) is 30.0 Å². The molecule has 0 spiro atoms. The summed E-state index contributed by atoms with van der Waals surface area (Å²) in [6.07, 6.45) is 1.89. The second-order valence-electron chi connectivity index (χ2n) is 8.50. The average molecular weight is 479 g/mol. The van der Waals surface area contributed by atoms with Gasteiger partial charge in [-0.1, -0.05) is 31.9 Å². The number of hydrogen-bond donors (Lipinski definition) is 4. The minimum Gasteiger partial charge on any atom is -0.508 e. The maximum Gasteiger partial charge on any atom is 0.408 e. The zero-order valence-corrected chi connectivity index (χ0v) is 20.5. The molecule has 0 aliphatic heterocycles. The van der Waals surface area contributed by atoms with Crippen molar-refractivity contribution in [3.05, 3.63) is 29.8 Å². The molecule has 0 saturated heterocycles. The molecule has 0 saturated carbocycles. The molecule has 0 fully saturated rings. The molecule has 1 rings (SSSR count). The molecule has 3 N–H and O–H groups in total. The van der Waals surface area contributed by atoms with Crippen LogP contribution in [-0.4, -0.2) is 58.4 Å². The Morgan fingerprint density at radius 1 is 1.21 bits per heavy atom. The highest BCUT2D eigenvalue weighted by Gasteiger charge is 2.35. The van der Waals surface area contributed by atoms with Crippen molar-refractivity contribution in [2.24, 2.45) is 0 Å². The van der Waals surface area contributed by atoms with Gasteiger partial charge in [-0.15, -0.1) is 0 Å². The summed E-state index contributed by atoms with van der Waals surface area (Å²) < 4.78 is 5.21. The Labute approximate surface area is 200 Å². The fourth-order valence-corrected chi connectivity index (χ4v) is 3.27. The van der Waals surface area contributed by atoms with E-state index in [1.54, 1.807) is 20.8 Å². The van der Waals surface area contributed by atoms with E-state index in [-0.39, 0.29) is 11.5 Å². The third kappa shape index (κ3) is 9.61. The number of nitrogens with one attached hydrogen (secondary N) is 2. The molecule has 0 aromatic heterocycles. The van der Waals surface area contributed by atoms with E-state index in [4.69, 9.17) is 4.74 Å². The standard InChI is InChI=1S/C23H34N4O5S/c1-5-6-7-13-25-20(29)19(16-8-10-17(28)11-9-16)27(14-12-24)21(30)18(15-33)26-22(31)32-23(2,3)4/h8-11,18-19,28,33H,5-7,13-15H2,1-4H3,(H,25,29)(H,26,31). The Morgan fingerprint density at radius 3 is 2.36 bits per heavy atom. The lowest BCUT2D eigenvalue weighted by Crippen LogP contribution is -2.54. The number of benzene rings is 1. The first-order chi connectivity index (χ1) is 15.5. The smallest absolute Gasteiger partial charge is 0.408 e. The van der Waals surface area contributed by atoms with Crippen LogP contribution in [-0.2, 0) is 14.3 Å². The van der Waals surface area contributed by atoms with E-state index in [1.807, 2.05) is 13.0 Å². The number of unbranched alkanes of at least 4 members (excludes halogenated alkanes) is 2. The normalized spacial score (nSPS) is 12.7. The Morgan fingerprint density at radius 2 is 1.85 bits per heavy atom. The molecule has 0 aliphatic rings. The summed E-state index contributed by atoms with van der Waals surface area (Å²) in [6.45, 7) is 7.14. The van der Waals surface area contributed by atoms with E-state index in [0.717, 1.165) is 24.2 Å². The van der Waals surface area contributed by atoms with Gasteiger partial charge < -0.3 is 25.4 Å². The predicted octanol–water partition coefficient (Wildman–Crippen LogP) is 2.91. The Bertz CT molecular complexity index is 833. The zero-order valence-electron chi connectivity index (χ0n) is 19.6. The van der Waals surface area contributed by atoms with Crippen molar-refractivity contribution in [3.8, 4) is 11.8 Å². The minimum atomic E-state index is -1.14. The van der Waals surface area contributed by atoms with Crippen LogP contribution in [0.3, 0.4) is 0 Å². The molecule has 9 nitrogen and oxygen atoms in total. The first kappa shape index (κ1) is 28.1. The number of phenols is 1. The van der Waals surface area contributed by atoms with Crippen molar-refractivity contribution in [1.29, 1.82) is 5.26 Å². The van der Waals surface area contributed by atoms with Crippen LogP contribution >= 0.6 is 12.6 Å². The lowest BCUT2D eigenvalue weighted by atomic mass is 10.0. The number of ether oxygens (including phenoxy) is 1.